The van der Waals surface area contributed by atoms with Crippen molar-refractivity contribution in [1.82, 2.24) is 4.90 Å². The minimum absolute atomic E-state index is 0.0615. The number of aliphatic carboxylic acids is 1. The molecule has 1 saturated heterocycles. The van der Waals surface area contributed by atoms with Crippen LogP contribution in [-0.4, -0.2) is 41.6 Å². The van der Waals surface area contributed by atoms with Gasteiger partial charge in [0.05, 0.1) is 13.0 Å². The van der Waals surface area contributed by atoms with Crippen LogP contribution in [0, 0.1) is 5.92 Å². The van der Waals surface area contributed by atoms with Gasteiger partial charge in [-0.2, -0.15) is 0 Å². The molecule has 0 saturated carbocycles. The lowest BCUT2D eigenvalue weighted by Crippen LogP contribution is -2.50. The van der Waals surface area contributed by atoms with E-state index in [1.54, 1.807) is 23.1 Å². The summed E-state index contributed by atoms with van der Waals surface area (Å²) in [6.07, 6.45) is 1.05. The van der Waals surface area contributed by atoms with E-state index in [4.69, 9.17) is 9.84 Å². The number of amides is 1. The highest BCUT2D eigenvalue weighted by atomic mass is 16.5. The number of rotatable bonds is 6. The van der Waals surface area contributed by atoms with Gasteiger partial charge in [0, 0.05) is 24.6 Å². The van der Waals surface area contributed by atoms with Gasteiger partial charge in [-0.1, -0.05) is 13.0 Å². The third kappa shape index (κ3) is 3.50. The molecular weight excluding hydrogens is 258 g/mol. The predicted molar refractivity (Wildman–Crippen MR) is 73.9 cm³/mol. The molecule has 1 fully saturated rings. The van der Waals surface area contributed by atoms with Crippen LogP contribution in [-0.2, 0) is 4.79 Å². The number of carbonyl (C=O) groups is 2. The summed E-state index contributed by atoms with van der Waals surface area (Å²) in [6.45, 7) is 3.69. The third-order valence-corrected chi connectivity index (χ3v) is 3.26. The number of nitrogens with zero attached hydrogens (tertiary/aromatic N) is 1. The first-order chi connectivity index (χ1) is 9.60. The van der Waals surface area contributed by atoms with Crippen LogP contribution < -0.4 is 4.74 Å². The van der Waals surface area contributed by atoms with Crippen LogP contribution in [0.3, 0.4) is 0 Å². The zero-order chi connectivity index (χ0) is 14.5. The van der Waals surface area contributed by atoms with Gasteiger partial charge in [-0.3, -0.25) is 9.59 Å². The SMILES string of the molecule is CCCOc1cccc(C(=O)N2CC(CC(=O)O)C2)c1. The Balaban J connectivity index is 1.92. The fourth-order valence-electron chi connectivity index (χ4n) is 2.23. The largest absolute Gasteiger partial charge is 0.494 e. The minimum atomic E-state index is -0.808. The van der Waals surface area contributed by atoms with Crippen molar-refractivity contribution < 1.29 is 19.4 Å². The Morgan fingerprint density at radius 2 is 2.15 bits per heavy atom. The van der Waals surface area contributed by atoms with E-state index in [-0.39, 0.29) is 18.2 Å². The van der Waals surface area contributed by atoms with Crippen molar-refractivity contribution >= 4 is 11.9 Å². The Labute approximate surface area is 118 Å². The molecule has 1 aromatic rings. The number of ether oxygens (including phenoxy) is 1. The lowest BCUT2D eigenvalue weighted by Gasteiger charge is -2.38. The minimum Gasteiger partial charge on any atom is -0.494 e. The summed E-state index contributed by atoms with van der Waals surface area (Å²) in [5, 5.41) is 8.69. The number of carboxylic acid groups (broad SMARTS) is 1. The van der Waals surface area contributed by atoms with Gasteiger partial charge in [0.25, 0.3) is 5.91 Å². The van der Waals surface area contributed by atoms with E-state index in [1.807, 2.05) is 13.0 Å². The molecule has 1 aliphatic rings. The average molecular weight is 277 g/mol. The molecule has 5 nitrogen and oxygen atoms in total. The maximum atomic E-state index is 12.2. The summed E-state index contributed by atoms with van der Waals surface area (Å²) in [5.41, 5.74) is 0.590. The molecule has 0 atom stereocenters. The van der Waals surface area contributed by atoms with Gasteiger partial charge in [-0.05, 0) is 24.6 Å². The highest BCUT2D eigenvalue weighted by Gasteiger charge is 2.32. The van der Waals surface area contributed by atoms with Gasteiger partial charge in [0.2, 0.25) is 0 Å². The van der Waals surface area contributed by atoms with Crippen molar-refractivity contribution in [1.29, 1.82) is 0 Å². The molecule has 5 heteroatoms. The Bertz CT molecular complexity index is 494. The number of likely N-dealkylation sites (tertiary alicyclic amines) is 1. The molecule has 1 aromatic carbocycles. The molecule has 108 valence electrons. The van der Waals surface area contributed by atoms with Gasteiger partial charge >= 0.3 is 5.97 Å². The second-order valence-electron chi connectivity index (χ2n) is 5.05. The quantitative estimate of drug-likeness (QED) is 0.864. The monoisotopic (exact) mass is 277 g/mol. The number of benzene rings is 1. The molecular formula is C15H19NO4. The highest BCUT2D eigenvalue weighted by molar-refractivity contribution is 5.95. The van der Waals surface area contributed by atoms with Crippen molar-refractivity contribution in [2.24, 2.45) is 5.92 Å². The summed E-state index contributed by atoms with van der Waals surface area (Å²) in [5.74, 6) is -0.0954. The Kier molecular flexibility index (Phi) is 4.61. The van der Waals surface area contributed by atoms with Gasteiger partial charge < -0.3 is 14.7 Å². The first-order valence-corrected chi connectivity index (χ1v) is 6.84. The zero-order valence-corrected chi connectivity index (χ0v) is 11.5. The molecule has 2 rings (SSSR count). The molecule has 0 unspecified atom stereocenters. The fourth-order valence-corrected chi connectivity index (χ4v) is 2.23. The molecule has 1 aliphatic heterocycles. The number of hydrogen-bond acceptors (Lipinski definition) is 3. The normalized spacial score (nSPS) is 14.8. The van der Waals surface area contributed by atoms with Crippen LogP contribution in [0.2, 0.25) is 0 Å². The summed E-state index contributed by atoms with van der Waals surface area (Å²) >= 11 is 0. The maximum Gasteiger partial charge on any atom is 0.303 e. The standard InChI is InChI=1S/C15H19NO4/c1-2-6-20-13-5-3-4-12(8-13)15(19)16-9-11(10-16)7-14(17)18/h3-5,8,11H,2,6-7,9-10H2,1H3,(H,17,18). The van der Waals surface area contributed by atoms with E-state index in [2.05, 4.69) is 0 Å². The third-order valence-electron chi connectivity index (χ3n) is 3.26. The number of carbonyl (C=O) groups excluding carboxylic acids is 1. The van der Waals surface area contributed by atoms with Crippen LogP contribution >= 0.6 is 0 Å². The summed E-state index contributed by atoms with van der Waals surface area (Å²) in [4.78, 5) is 24.5. The highest BCUT2D eigenvalue weighted by Crippen LogP contribution is 2.23. The number of carboxylic acids is 1. The smallest absolute Gasteiger partial charge is 0.303 e. The van der Waals surface area contributed by atoms with Crippen LogP contribution in [0.15, 0.2) is 24.3 Å². The van der Waals surface area contributed by atoms with Crippen LogP contribution in [0.1, 0.15) is 30.1 Å². The molecule has 0 aromatic heterocycles. The molecule has 1 N–H and O–H groups in total. The van der Waals surface area contributed by atoms with E-state index in [1.165, 1.54) is 0 Å². The van der Waals surface area contributed by atoms with Crippen molar-refractivity contribution in [2.45, 2.75) is 19.8 Å². The van der Waals surface area contributed by atoms with Gasteiger partial charge in [0.1, 0.15) is 5.75 Å². The van der Waals surface area contributed by atoms with E-state index in [9.17, 15) is 9.59 Å². The molecule has 1 heterocycles. The lowest BCUT2D eigenvalue weighted by molar-refractivity contribution is -0.139. The van der Waals surface area contributed by atoms with E-state index in [0.717, 1.165) is 6.42 Å². The topological polar surface area (TPSA) is 66.8 Å². The second kappa shape index (κ2) is 6.41. The molecule has 0 aliphatic carbocycles. The summed E-state index contributed by atoms with van der Waals surface area (Å²) in [7, 11) is 0. The van der Waals surface area contributed by atoms with Crippen molar-refractivity contribution in [3.63, 3.8) is 0 Å². The van der Waals surface area contributed by atoms with Crippen molar-refractivity contribution in [2.75, 3.05) is 19.7 Å². The Morgan fingerprint density at radius 3 is 2.80 bits per heavy atom. The van der Waals surface area contributed by atoms with E-state index < -0.39 is 5.97 Å². The summed E-state index contributed by atoms with van der Waals surface area (Å²) in [6, 6.07) is 7.12. The molecule has 1 amide bonds. The van der Waals surface area contributed by atoms with Crippen LogP contribution in [0.4, 0.5) is 0 Å². The van der Waals surface area contributed by atoms with Gasteiger partial charge in [-0.15, -0.1) is 0 Å². The molecule has 0 spiro atoms. The molecule has 0 radical (unpaired) electrons. The van der Waals surface area contributed by atoms with E-state index in [0.29, 0.717) is 31.0 Å². The lowest BCUT2D eigenvalue weighted by atomic mass is 9.95. The van der Waals surface area contributed by atoms with Crippen molar-refractivity contribution in [3.8, 4) is 5.75 Å². The number of hydrogen-bond donors (Lipinski definition) is 1. The first kappa shape index (κ1) is 14.4. The Morgan fingerprint density at radius 1 is 1.40 bits per heavy atom. The van der Waals surface area contributed by atoms with E-state index >= 15 is 0 Å². The maximum absolute atomic E-state index is 12.2. The Hall–Kier alpha value is -2.04. The van der Waals surface area contributed by atoms with Gasteiger partial charge in [0.15, 0.2) is 0 Å². The second-order valence-corrected chi connectivity index (χ2v) is 5.05. The van der Waals surface area contributed by atoms with Crippen LogP contribution in [0.5, 0.6) is 5.75 Å². The average Bonchev–Trinajstić information content (AvgIpc) is 2.39. The summed E-state index contributed by atoms with van der Waals surface area (Å²) < 4.78 is 5.50. The molecule has 0 bridgehead atoms. The van der Waals surface area contributed by atoms with Crippen molar-refractivity contribution in [3.05, 3.63) is 29.8 Å². The molecule has 20 heavy (non-hydrogen) atoms. The van der Waals surface area contributed by atoms with Gasteiger partial charge in [-0.25, -0.2) is 0 Å². The first-order valence-electron chi connectivity index (χ1n) is 6.84. The zero-order valence-electron chi connectivity index (χ0n) is 11.5. The predicted octanol–water partition coefficient (Wildman–Crippen LogP) is 2.02. The fraction of sp³-hybridized carbons (Fsp3) is 0.467. The van der Waals surface area contributed by atoms with Crippen LogP contribution in [0.25, 0.3) is 0 Å².